The van der Waals surface area contributed by atoms with Crippen molar-refractivity contribution in [3.05, 3.63) is 12.2 Å². The highest BCUT2D eigenvalue weighted by atomic mass is 16.5. The molecule has 0 rings (SSSR count). The van der Waals surface area contributed by atoms with Gasteiger partial charge in [0.2, 0.25) is 0 Å². The van der Waals surface area contributed by atoms with Crippen LogP contribution in [0.15, 0.2) is 17.3 Å². The summed E-state index contributed by atoms with van der Waals surface area (Å²) < 4.78 is 4.23. The number of esters is 1. The zero-order chi connectivity index (χ0) is 7.11. The van der Waals surface area contributed by atoms with Gasteiger partial charge in [0.05, 0.1) is 13.3 Å². The fourth-order valence-electron chi connectivity index (χ4n) is 0.228. The fraction of sp³-hybridized carbons (Fsp3) is 0.200. The molecule has 0 aliphatic carbocycles. The van der Waals surface area contributed by atoms with E-state index in [9.17, 15) is 4.79 Å². The zero-order valence-corrected chi connectivity index (χ0v) is 4.94. The van der Waals surface area contributed by atoms with Gasteiger partial charge in [-0.25, -0.2) is 4.79 Å². The molecule has 1 N–H and O–H groups in total. The second kappa shape index (κ2) is 4.83. The number of nitrogens with zero attached hydrogens (tertiary/aromatic N) is 1. The first-order chi connectivity index (χ1) is 4.31. The van der Waals surface area contributed by atoms with Crippen LogP contribution >= 0.6 is 0 Å². The molecule has 0 unspecified atom stereocenters. The number of rotatable bonds is 2. The van der Waals surface area contributed by atoms with Crippen LogP contribution in [0, 0.1) is 0 Å². The molecule has 0 aromatic rings. The molecule has 4 nitrogen and oxygen atoms in total. The monoisotopic (exact) mass is 129 g/mol. The Labute approximate surface area is 52.4 Å². The second-order valence-corrected chi connectivity index (χ2v) is 1.15. The van der Waals surface area contributed by atoms with Gasteiger partial charge in [0.15, 0.2) is 0 Å². The van der Waals surface area contributed by atoms with Gasteiger partial charge in [-0.3, -0.25) is 0 Å². The Balaban J connectivity index is 3.57. The molecule has 0 saturated carbocycles. The molecule has 50 valence electrons. The summed E-state index contributed by atoms with van der Waals surface area (Å²) in [5.41, 5.74) is 0. The van der Waals surface area contributed by atoms with Crippen LogP contribution in [-0.2, 0) is 9.53 Å². The molecule has 0 amide bonds. The molecule has 4 heteroatoms. The van der Waals surface area contributed by atoms with Gasteiger partial charge in [-0.15, -0.1) is 0 Å². The van der Waals surface area contributed by atoms with Gasteiger partial charge in [0.25, 0.3) is 0 Å². The lowest BCUT2D eigenvalue weighted by atomic mass is 10.5. The largest absolute Gasteiger partial charge is 0.466 e. The number of methoxy groups -OCH3 is 1. The smallest absolute Gasteiger partial charge is 0.330 e. The number of carbonyl (C=O) groups excluding carboxylic acids is 1. The first-order valence-corrected chi connectivity index (χ1v) is 2.23. The van der Waals surface area contributed by atoms with Crippen molar-refractivity contribution in [3.8, 4) is 0 Å². The zero-order valence-electron chi connectivity index (χ0n) is 4.94. The van der Waals surface area contributed by atoms with Crippen molar-refractivity contribution >= 4 is 12.2 Å². The van der Waals surface area contributed by atoms with Gasteiger partial charge in [0, 0.05) is 6.08 Å². The Morgan fingerprint density at radius 1 is 1.78 bits per heavy atom. The van der Waals surface area contributed by atoms with Crippen LogP contribution in [0.4, 0.5) is 0 Å². The molecule has 0 bridgehead atoms. The van der Waals surface area contributed by atoms with Crippen LogP contribution in [0.25, 0.3) is 0 Å². The molecule has 0 aliphatic rings. The van der Waals surface area contributed by atoms with Crippen LogP contribution in [0.3, 0.4) is 0 Å². The molecule has 9 heavy (non-hydrogen) atoms. The minimum Gasteiger partial charge on any atom is -0.466 e. The van der Waals surface area contributed by atoms with Gasteiger partial charge >= 0.3 is 5.97 Å². The van der Waals surface area contributed by atoms with E-state index in [1.807, 2.05) is 0 Å². The standard InChI is InChI=1S/C5H7NO3/c1-9-5(7)3-2-4-6-8/h2-4,8H,1H3/b3-2+,6-4+. The lowest BCUT2D eigenvalue weighted by Gasteiger charge is -1.85. The highest BCUT2D eigenvalue weighted by Crippen LogP contribution is 1.74. The molecule has 0 fully saturated rings. The topological polar surface area (TPSA) is 58.9 Å². The maximum absolute atomic E-state index is 10.2. The highest BCUT2D eigenvalue weighted by molar-refractivity contribution is 5.87. The Bertz CT molecular complexity index is 139. The van der Waals surface area contributed by atoms with Gasteiger partial charge < -0.3 is 9.94 Å². The normalized spacial score (nSPS) is 10.8. The fourth-order valence-corrected chi connectivity index (χ4v) is 0.228. The molecule has 0 spiro atoms. The van der Waals surface area contributed by atoms with Crippen LogP contribution in [0.2, 0.25) is 0 Å². The summed E-state index contributed by atoms with van der Waals surface area (Å²) >= 11 is 0. The van der Waals surface area contributed by atoms with Crippen molar-refractivity contribution in [1.29, 1.82) is 0 Å². The molecule has 0 heterocycles. The summed E-state index contributed by atoms with van der Waals surface area (Å²) in [5.74, 6) is -0.477. The summed E-state index contributed by atoms with van der Waals surface area (Å²) in [5, 5.41) is 10.4. The molecule has 0 aromatic carbocycles. The Hall–Kier alpha value is -1.32. The Kier molecular flexibility index (Phi) is 4.12. The van der Waals surface area contributed by atoms with E-state index in [2.05, 4.69) is 9.89 Å². The average molecular weight is 129 g/mol. The maximum atomic E-state index is 10.2. The van der Waals surface area contributed by atoms with Crippen LogP contribution in [-0.4, -0.2) is 24.5 Å². The van der Waals surface area contributed by atoms with E-state index in [4.69, 9.17) is 5.21 Å². The molecule has 0 atom stereocenters. The Morgan fingerprint density at radius 2 is 2.44 bits per heavy atom. The minimum atomic E-state index is -0.477. The van der Waals surface area contributed by atoms with E-state index in [0.717, 1.165) is 12.3 Å². The summed E-state index contributed by atoms with van der Waals surface area (Å²) in [6, 6.07) is 0. The van der Waals surface area contributed by atoms with Crippen molar-refractivity contribution < 1.29 is 14.7 Å². The lowest BCUT2D eigenvalue weighted by molar-refractivity contribution is -0.134. The first-order valence-electron chi connectivity index (χ1n) is 2.23. The molecular formula is C5H7NO3. The first kappa shape index (κ1) is 7.68. The van der Waals surface area contributed by atoms with Gasteiger partial charge in [-0.1, -0.05) is 5.16 Å². The van der Waals surface area contributed by atoms with Crippen LogP contribution in [0.1, 0.15) is 0 Å². The number of hydrogen-bond donors (Lipinski definition) is 1. The van der Waals surface area contributed by atoms with E-state index < -0.39 is 5.97 Å². The van der Waals surface area contributed by atoms with E-state index in [1.54, 1.807) is 0 Å². The van der Waals surface area contributed by atoms with Gasteiger partial charge in [-0.2, -0.15) is 0 Å². The molecule has 0 radical (unpaired) electrons. The predicted molar refractivity (Wildman–Crippen MR) is 31.4 cm³/mol. The van der Waals surface area contributed by atoms with Crippen LogP contribution < -0.4 is 0 Å². The van der Waals surface area contributed by atoms with E-state index in [0.29, 0.717) is 0 Å². The average Bonchev–Trinajstić information content (AvgIpc) is 1.89. The summed E-state index contributed by atoms with van der Waals surface area (Å²) in [6.07, 6.45) is 3.47. The number of hydrogen-bond acceptors (Lipinski definition) is 4. The molecule has 0 aliphatic heterocycles. The third-order valence-corrected chi connectivity index (χ3v) is 0.586. The number of oxime groups is 1. The lowest BCUT2D eigenvalue weighted by Crippen LogP contribution is -1.93. The van der Waals surface area contributed by atoms with E-state index in [-0.39, 0.29) is 0 Å². The van der Waals surface area contributed by atoms with E-state index in [1.165, 1.54) is 13.2 Å². The maximum Gasteiger partial charge on any atom is 0.330 e. The summed E-state index contributed by atoms with van der Waals surface area (Å²) in [7, 11) is 1.27. The second-order valence-electron chi connectivity index (χ2n) is 1.15. The summed E-state index contributed by atoms with van der Waals surface area (Å²) in [6.45, 7) is 0. The van der Waals surface area contributed by atoms with E-state index >= 15 is 0 Å². The van der Waals surface area contributed by atoms with Crippen molar-refractivity contribution in [1.82, 2.24) is 0 Å². The number of carbonyl (C=O) groups is 1. The molecular weight excluding hydrogens is 122 g/mol. The van der Waals surface area contributed by atoms with Crippen molar-refractivity contribution in [2.24, 2.45) is 5.16 Å². The van der Waals surface area contributed by atoms with Gasteiger partial charge in [0.1, 0.15) is 0 Å². The van der Waals surface area contributed by atoms with Crippen molar-refractivity contribution in [2.45, 2.75) is 0 Å². The number of ether oxygens (including phenoxy) is 1. The minimum absolute atomic E-state index is 0.477. The Morgan fingerprint density at radius 3 is 2.89 bits per heavy atom. The van der Waals surface area contributed by atoms with Crippen molar-refractivity contribution in [2.75, 3.05) is 7.11 Å². The number of allylic oxidation sites excluding steroid dienone is 1. The van der Waals surface area contributed by atoms with Gasteiger partial charge in [-0.05, 0) is 6.08 Å². The quantitative estimate of drug-likeness (QED) is 0.190. The molecule has 0 saturated heterocycles. The third-order valence-electron chi connectivity index (χ3n) is 0.586. The predicted octanol–water partition coefficient (Wildman–Crippen LogP) is 0.176. The highest BCUT2D eigenvalue weighted by Gasteiger charge is 1.85. The van der Waals surface area contributed by atoms with Crippen molar-refractivity contribution in [3.63, 3.8) is 0 Å². The third kappa shape index (κ3) is 4.53. The summed E-state index contributed by atoms with van der Waals surface area (Å²) in [4.78, 5) is 10.2. The molecule has 0 aromatic heterocycles. The SMILES string of the molecule is COC(=O)/C=C/C=N/O. The van der Waals surface area contributed by atoms with Crippen LogP contribution in [0.5, 0.6) is 0 Å².